The molecule has 0 aromatic rings. The number of likely N-dealkylation sites (N-methyl/N-ethyl adjacent to an activating group) is 1. The summed E-state index contributed by atoms with van der Waals surface area (Å²) in [5.74, 6) is -2.11. The minimum Gasteiger partial charge on any atom is -0.394 e. The molecule has 7 rings (SSSR count). The molecular weight excluding hydrogens is 1790 g/mol. The average molecular weight is 1940 g/mol. The van der Waals surface area contributed by atoms with Gasteiger partial charge in [0.25, 0.3) is 0 Å². The number of carbonyl (C=O) groups is 8. The maximum Gasteiger partial charge on any atom is 0.242 e. The fraction of sp³-hybridized carbons (Fsp3) is 0.901. The summed E-state index contributed by atoms with van der Waals surface area (Å²) in [6.07, 6.45) is -51.0. The molecule has 0 aliphatic carbocycles. The fourth-order valence-electron chi connectivity index (χ4n) is 15.1. The molecule has 0 saturated carbocycles. The molecule has 0 bridgehead atoms. The molecule has 7 heterocycles. The number of unbranched alkanes of at least 4 members (excludes halogenated alkanes) is 6. The van der Waals surface area contributed by atoms with E-state index in [0.29, 0.717) is 77.2 Å². The Morgan fingerprint density at radius 2 is 0.624 bits per heavy atom. The Labute approximate surface area is 766 Å². The van der Waals surface area contributed by atoms with Crippen molar-refractivity contribution in [1.29, 1.82) is 0 Å². The molecule has 7 aliphatic heterocycles. The minimum atomic E-state index is -1.97. The van der Waals surface area contributed by atoms with Crippen LogP contribution in [0.2, 0.25) is 0 Å². The van der Waals surface area contributed by atoms with Gasteiger partial charge in [0.2, 0.25) is 35.4 Å². The highest BCUT2D eigenvalue weighted by Crippen LogP contribution is 2.35. The van der Waals surface area contributed by atoms with Gasteiger partial charge in [-0.25, -0.2) is 0 Å². The number of ether oxygens (including phenoxy) is 14. The largest absolute Gasteiger partial charge is 0.394 e. The number of aliphatic hydroxyl groups is 23. The minimum absolute atomic E-state index is 0.0296. The number of hydrogen-bond acceptors (Lipinski definition) is 46. The van der Waals surface area contributed by atoms with Crippen LogP contribution in [0.4, 0.5) is 0 Å². The van der Waals surface area contributed by atoms with Gasteiger partial charge in [0.05, 0.1) is 72.1 Å². The van der Waals surface area contributed by atoms with Gasteiger partial charge in [-0.05, 0) is 78.7 Å². The highest BCUT2D eigenvalue weighted by Gasteiger charge is 2.55. The first-order chi connectivity index (χ1) is 63.4. The number of carbonyl (C=O) groups excluding carboxylic acids is 8. The van der Waals surface area contributed by atoms with Crippen LogP contribution in [0.25, 0.3) is 0 Å². The molecule has 0 aromatic heterocycles. The monoisotopic (exact) mass is 1930 g/mol. The van der Waals surface area contributed by atoms with E-state index in [9.17, 15) is 156 Å². The van der Waals surface area contributed by atoms with Gasteiger partial charge in [-0.2, -0.15) is 0 Å². The molecule has 52 heteroatoms. The fourth-order valence-corrected chi connectivity index (χ4v) is 15.1. The molecule has 772 valence electrons. The van der Waals surface area contributed by atoms with Gasteiger partial charge >= 0.3 is 0 Å². The van der Waals surface area contributed by atoms with Crippen LogP contribution in [0, 0.1) is 0 Å². The van der Waals surface area contributed by atoms with Crippen molar-refractivity contribution < 1.29 is 222 Å². The van der Waals surface area contributed by atoms with Crippen molar-refractivity contribution in [2.75, 3.05) is 106 Å². The molecular formula is C81H143N7O45. The van der Waals surface area contributed by atoms with Crippen LogP contribution in [0.3, 0.4) is 0 Å². The summed E-state index contributed by atoms with van der Waals surface area (Å²) in [4.78, 5) is 99.2. The summed E-state index contributed by atoms with van der Waals surface area (Å²) in [5.41, 5.74) is 0. The smallest absolute Gasteiger partial charge is 0.242 e. The van der Waals surface area contributed by atoms with E-state index in [2.05, 4.69) is 37.2 Å². The Hall–Kier alpha value is -5.36. The predicted molar refractivity (Wildman–Crippen MR) is 443 cm³/mol. The van der Waals surface area contributed by atoms with Gasteiger partial charge in [-0.15, -0.1) is 0 Å². The van der Waals surface area contributed by atoms with Crippen LogP contribution < -0.4 is 37.2 Å². The summed E-state index contributed by atoms with van der Waals surface area (Å²) >= 11 is 0. The third-order valence-electron chi connectivity index (χ3n) is 23.1. The predicted octanol–water partition coefficient (Wildman–Crippen LogP) is -14.4. The Morgan fingerprint density at radius 1 is 0.301 bits per heavy atom. The molecule has 7 fully saturated rings. The third-order valence-corrected chi connectivity index (χ3v) is 23.1. The third kappa shape index (κ3) is 36.7. The van der Waals surface area contributed by atoms with Crippen LogP contribution in [0.5, 0.6) is 0 Å². The maximum atomic E-state index is 13.6. The number of Topliss-reactive ketones (excluding diaryl/α,β-unsaturated/α-hetero) is 2. The zero-order chi connectivity index (χ0) is 98.3. The van der Waals surface area contributed by atoms with E-state index in [0.717, 1.165) is 0 Å². The molecule has 1 unspecified atom stereocenters. The van der Waals surface area contributed by atoms with Crippen molar-refractivity contribution in [3.8, 4) is 0 Å². The number of aliphatic hydroxyl groups excluding tert-OH is 23. The lowest BCUT2D eigenvalue weighted by atomic mass is 9.96. The summed E-state index contributed by atoms with van der Waals surface area (Å²) in [7, 11) is 1.64. The molecule has 0 radical (unpaired) electrons. The number of rotatable bonds is 56. The quantitative estimate of drug-likeness (QED) is 0.0251. The Kier molecular flexibility index (Phi) is 53.0. The molecule has 7 saturated heterocycles. The Bertz CT molecular complexity index is 3380. The van der Waals surface area contributed by atoms with Gasteiger partial charge in [-0.3, -0.25) is 38.4 Å². The van der Waals surface area contributed by atoms with E-state index in [1.165, 1.54) is 6.92 Å². The van der Waals surface area contributed by atoms with Crippen molar-refractivity contribution in [3.05, 3.63) is 0 Å². The van der Waals surface area contributed by atoms with Crippen LogP contribution in [0.15, 0.2) is 0 Å². The average Bonchev–Trinajstić information content (AvgIpc) is 0.783. The number of hydrogen-bond donors (Lipinski definition) is 30. The van der Waals surface area contributed by atoms with E-state index in [1.807, 2.05) is 6.92 Å². The van der Waals surface area contributed by atoms with Crippen molar-refractivity contribution >= 4 is 47.0 Å². The standard InChI is InChI=1S/C50H89N5O26.C31H54N2O19/c1-3-51-30(58)13-6-4-5-7-16-33(61)55-26(12-10-11-17-52-31(59)14-8-9-15-32(60)53-18-20-74-47-41(69)38(66)34(62)25(2)77-47)46(73)54-19-21-75-49-44(72)45(81-50-43(71)40(68)36(64)28(23-57)79-50)37(65)29(80-49)24-76-48-42(70)39(67)35(63)27(22-56)78-48;1-32-10-15(37)7-6-14(36)4-2-3-5-19(38)33-8-9-47-30-27(46)28(52-31-26(45)24(43)21(40)17(12-35)50-31)22(41)18(51-30)13-48-29-25(44)23(42)20(39)16(11-34)49-29/h25-29,34-45,47-50,56-57,62-72H,3-24H2,1-2H3,(H,51,58)(H,52,59)(H,53,60)(H,54,73)(H,55,61);16-18,20-32,34-35,39-46H,2-13H2,1H3,(H,33,38)/t25-,26-,27+,28+,29+,34+,35+,36+,37+,38+,39-,40-,41-,42-,43-,44-,45-,47+,48-,49-,50+;16-,17-,18?,20-,21-,22-,23+,24+,25+,26+,27+,28+,29+,30+,31-/m01/s1. The highest BCUT2D eigenvalue weighted by molar-refractivity contribution is 5.88. The summed E-state index contributed by atoms with van der Waals surface area (Å²) < 4.78 is 77.6. The molecule has 7 aliphatic rings. The SMILES string of the molecule is CCNC(=O)CCCCCCC(=O)N[C@@H](CCCCNC(=O)CCCCC(=O)NCCO[C@@H]1O[C@@H](C)[C@@H](O)[C@@H](O)[C@@H]1O)C(=O)NCCO[C@H]1O[C@H](CO[C@H]2O[C@H](CO)[C@@H](O)[C@H](O)[C@@H]2O)[C@@H](O)[C@H](O[C@H]2O[C@H](CO)[C@@H](O)[C@H](O)[C@@H]2O)[C@@H]1O.CNCC(=O)CCC(=O)CCCCC(=O)NCCO[C@H]1OC(CO[C@H]2O[C@H](CO)[C@@H](O)[C@H](O)[C@@H]2O)[C@@H](O)[C@H](O[C@H]2O[C@H](CO)[C@@H](O)[C@H](O)[C@@H]2O)[C@@H]1O. The zero-order valence-corrected chi connectivity index (χ0v) is 74.6. The Morgan fingerprint density at radius 3 is 1.02 bits per heavy atom. The normalized spacial score (nSPS) is 36.0. The number of nitrogens with one attached hydrogen (secondary N) is 7. The van der Waals surface area contributed by atoms with E-state index >= 15 is 0 Å². The van der Waals surface area contributed by atoms with Crippen molar-refractivity contribution in [2.24, 2.45) is 0 Å². The lowest BCUT2D eigenvalue weighted by Gasteiger charge is -2.46. The van der Waals surface area contributed by atoms with Gasteiger partial charge in [0.1, 0.15) is 182 Å². The molecule has 6 amide bonds. The van der Waals surface area contributed by atoms with Crippen LogP contribution in [-0.2, 0) is 105 Å². The highest BCUT2D eigenvalue weighted by atomic mass is 16.8. The summed E-state index contributed by atoms with van der Waals surface area (Å²) in [5, 5.41) is 256. The van der Waals surface area contributed by atoms with Gasteiger partial charge in [0, 0.05) is 84.1 Å². The Balaban J connectivity index is 0.000000450. The number of ketones is 2. The van der Waals surface area contributed by atoms with Crippen LogP contribution in [0.1, 0.15) is 136 Å². The molecule has 30 N–H and O–H groups in total. The molecule has 133 heavy (non-hydrogen) atoms. The number of amides is 6. The summed E-state index contributed by atoms with van der Waals surface area (Å²) in [6.45, 7) is -1.03. The molecule has 36 atom stereocenters. The second-order valence-electron chi connectivity index (χ2n) is 33.3. The van der Waals surface area contributed by atoms with Crippen LogP contribution >= 0.6 is 0 Å². The van der Waals surface area contributed by atoms with Gasteiger partial charge in [0.15, 0.2) is 44.0 Å². The van der Waals surface area contributed by atoms with E-state index in [-0.39, 0.29) is 139 Å². The van der Waals surface area contributed by atoms with E-state index < -0.39 is 272 Å². The van der Waals surface area contributed by atoms with Gasteiger partial charge < -0.3 is 221 Å². The molecule has 0 spiro atoms. The zero-order valence-electron chi connectivity index (χ0n) is 74.6. The van der Waals surface area contributed by atoms with Crippen molar-refractivity contribution in [2.45, 2.75) is 357 Å². The van der Waals surface area contributed by atoms with Crippen molar-refractivity contribution in [1.82, 2.24) is 37.2 Å². The molecule has 0 aromatic carbocycles. The van der Waals surface area contributed by atoms with Gasteiger partial charge in [-0.1, -0.05) is 12.8 Å². The second kappa shape index (κ2) is 60.6. The van der Waals surface area contributed by atoms with E-state index in [4.69, 9.17) is 66.3 Å². The first kappa shape index (κ1) is 116. The lowest BCUT2D eigenvalue weighted by molar-refractivity contribution is -0.366. The lowest BCUT2D eigenvalue weighted by Crippen LogP contribution is -2.65. The van der Waals surface area contributed by atoms with E-state index in [1.54, 1.807) is 7.05 Å². The topological polar surface area (TPSA) is 815 Å². The van der Waals surface area contributed by atoms with Crippen molar-refractivity contribution in [3.63, 3.8) is 0 Å². The first-order valence-corrected chi connectivity index (χ1v) is 45.0. The maximum absolute atomic E-state index is 13.6. The first-order valence-electron chi connectivity index (χ1n) is 45.0. The molecule has 52 nitrogen and oxygen atoms in total. The summed E-state index contributed by atoms with van der Waals surface area (Å²) in [6, 6.07) is -1.05. The second-order valence-corrected chi connectivity index (χ2v) is 33.3. The van der Waals surface area contributed by atoms with Crippen LogP contribution in [-0.4, -0.2) is 491 Å².